The summed E-state index contributed by atoms with van der Waals surface area (Å²) < 4.78 is 0. The molecule has 0 unspecified atom stereocenters. The molecule has 0 heterocycles. The second kappa shape index (κ2) is 6.67. The highest BCUT2D eigenvalue weighted by atomic mass is 28.3. The van der Waals surface area contributed by atoms with E-state index in [1.54, 1.807) is 0 Å². The standard InChI is InChI=1S/C10H25NSi/c1-4-5-6-7-8-9-12(2,3)10-11/h4-11H2,1-3H3. The van der Waals surface area contributed by atoms with Gasteiger partial charge >= 0.3 is 0 Å². The maximum atomic E-state index is 5.71. The molecule has 12 heavy (non-hydrogen) atoms. The first-order valence-corrected chi connectivity index (χ1v) is 8.74. The molecule has 0 rings (SSSR count). The van der Waals surface area contributed by atoms with Gasteiger partial charge in [-0.3, -0.25) is 0 Å². The first-order valence-electron chi connectivity index (χ1n) is 5.32. The molecule has 0 aromatic rings. The summed E-state index contributed by atoms with van der Waals surface area (Å²) in [6.45, 7) is 7.05. The van der Waals surface area contributed by atoms with E-state index in [0.29, 0.717) is 0 Å². The van der Waals surface area contributed by atoms with Crippen LogP contribution < -0.4 is 5.73 Å². The van der Waals surface area contributed by atoms with Crippen LogP contribution in [0.4, 0.5) is 0 Å². The molecule has 0 spiro atoms. The van der Waals surface area contributed by atoms with Gasteiger partial charge in [-0.1, -0.05) is 58.2 Å². The van der Waals surface area contributed by atoms with Crippen LogP contribution in [0.25, 0.3) is 0 Å². The lowest BCUT2D eigenvalue weighted by Crippen LogP contribution is -2.35. The van der Waals surface area contributed by atoms with Crippen LogP contribution >= 0.6 is 0 Å². The van der Waals surface area contributed by atoms with Crippen molar-refractivity contribution in [3.63, 3.8) is 0 Å². The van der Waals surface area contributed by atoms with E-state index in [2.05, 4.69) is 20.0 Å². The average Bonchev–Trinajstić information content (AvgIpc) is 2.04. The number of rotatable bonds is 7. The van der Waals surface area contributed by atoms with Gasteiger partial charge in [0, 0.05) is 0 Å². The van der Waals surface area contributed by atoms with Crippen LogP contribution in [-0.4, -0.2) is 14.2 Å². The quantitative estimate of drug-likeness (QED) is 0.481. The summed E-state index contributed by atoms with van der Waals surface area (Å²) >= 11 is 0. The summed E-state index contributed by atoms with van der Waals surface area (Å²) in [5.74, 6) is 0. The normalized spacial score (nSPS) is 12.0. The van der Waals surface area contributed by atoms with Crippen LogP contribution in [0.5, 0.6) is 0 Å². The lowest BCUT2D eigenvalue weighted by Gasteiger charge is -2.19. The van der Waals surface area contributed by atoms with Crippen LogP contribution in [0, 0.1) is 0 Å². The molecule has 0 saturated carbocycles. The first kappa shape index (κ1) is 12.2. The van der Waals surface area contributed by atoms with Gasteiger partial charge in [-0.05, 0) is 6.17 Å². The van der Waals surface area contributed by atoms with Gasteiger partial charge in [-0.25, -0.2) is 0 Å². The summed E-state index contributed by atoms with van der Waals surface area (Å²) in [6, 6.07) is 1.42. The zero-order valence-corrected chi connectivity index (χ0v) is 10.0. The van der Waals surface area contributed by atoms with Crippen LogP contribution in [0.1, 0.15) is 39.0 Å². The van der Waals surface area contributed by atoms with Crippen LogP contribution in [0.3, 0.4) is 0 Å². The molecule has 0 radical (unpaired) electrons. The minimum Gasteiger partial charge on any atom is -0.333 e. The van der Waals surface area contributed by atoms with Crippen LogP contribution in [0.2, 0.25) is 19.1 Å². The molecule has 0 bridgehead atoms. The summed E-state index contributed by atoms with van der Waals surface area (Å²) in [7, 11) is -0.960. The highest BCUT2D eigenvalue weighted by molar-refractivity contribution is 6.77. The molecule has 0 atom stereocenters. The lowest BCUT2D eigenvalue weighted by atomic mass is 10.2. The fourth-order valence-electron chi connectivity index (χ4n) is 1.31. The molecule has 0 fully saturated rings. The van der Waals surface area contributed by atoms with Crippen molar-refractivity contribution in [2.75, 3.05) is 6.17 Å². The minimum absolute atomic E-state index is 0.959. The Balaban J connectivity index is 3.19. The zero-order valence-electron chi connectivity index (χ0n) is 9.03. The van der Waals surface area contributed by atoms with Crippen molar-refractivity contribution in [1.82, 2.24) is 0 Å². The Morgan fingerprint density at radius 3 is 2.08 bits per heavy atom. The summed E-state index contributed by atoms with van der Waals surface area (Å²) in [5.41, 5.74) is 5.71. The van der Waals surface area contributed by atoms with E-state index in [4.69, 9.17) is 5.73 Å². The average molecular weight is 187 g/mol. The molecule has 0 aliphatic heterocycles. The molecule has 2 N–H and O–H groups in total. The van der Waals surface area contributed by atoms with E-state index in [1.165, 1.54) is 38.1 Å². The molecule has 0 aliphatic rings. The molecule has 0 amide bonds. The summed E-state index contributed by atoms with van der Waals surface area (Å²) in [5, 5.41) is 0. The Hall–Kier alpha value is 0.177. The molecule has 0 aliphatic carbocycles. The molecule has 2 heteroatoms. The number of hydrogen-bond donors (Lipinski definition) is 1. The third-order valence-corrected chi connectivity index (χ3v) is 5.32. The molecular weight excluding hydrogens is 162 g/mol. The van der Waals surface area contributed by atoms with E-state index in [9.17, 15) is 0 Å². The van der Waals surface area contributed by atoms with Gasteiger partial charge in [0.25, 0.3) is 0 Å². The molecular formula is C10H25NSi. The first-order chi connectivity index (χ1) is 5.62. The fourth-order valence-corrected chi connectivity index (χ4v) is 2.72. The fraction of sp³-hybridized carbons (Fsp3) is 1.00. The highest BCUT2D eigenvalue weighted by Crippen LogP contribution is 2.14. The van der Waals surface area contributed by atoms with Crippen molar-refractivity contribution < 1.29 is 0 Å². The van der Waals surface area contributed by atoms with Gasteiger partial charge in [0.15, 0.2) is 0 Å². The Morgan fingerprint density at radius 1 is 1.00 bits per heavy atom. The lowest BCUT2D eigenvalue weighted by molar-refractivity contribution is 0.652. The third kappa shape index (κ3) is 6.86. The van der Waals surface area contributed by atoms with Gasteiger partial charge in [-0.2, -0.15) is 0 Å². The monoisotopic (exact) mass is 187 g/mol. The number of unbranched alkanes of at least 4 members (excludes halogenated alkanes) is 4. The second-order valence-corrected chi connectivity index (χ2v) is 9.77. The zero-order chi connectivity index (χ0) is 9.45. The molecule has 1 nitrogen and oxygen atoms in total. The maximum absolute atomic E-state index is 5.71. The van der Waals surface area contributed by atoms with E-state index in [1.807, 2.05) is 0 Å². The topological polar surface area (TPSA) is 26.0 Å². The van der Waals surface area contributed by atoms with Gasteiger partial charge in [0.2, 0.25) is 0 Å². The Labute approximate surface area is 78.7 Å². The summed E-state index contributed by atoms with van der Waals surface area (Å²) in [6.07, 6.45) is 7.97. The van der Waals surface area contributed by atoms with E-state index < -0.39 is 8.07 Å². The molecule has 74 valence electrons. The molecule has 0 aromatic heterocycles. The minimum atomic E-state index is -0.960. The summed E-state index contributed by atoms with van der Waals surface area (Å²) in [4.78, 5) is 0. The van der Waals surface area contributed by atoms with Crippen molar-refractivity contribution in [2.24, 2.45) is 5.73 Å². The van der Waals surface area contributed by atoms with E-state index >= 15 is 0 Å². The molecule has 0 aromatic carbocycles. The SMILES string of the molecule is CCCCCCC[Si](C)(C)CN. The smallest absolute Gasteiger partial charge is 0.0623 e. The van der Waals surface area contributed by atoms with E-state index in [-0.39, 0.29) is 0 Å². The van der Waals surface area contributed by atoms with Crippen LogP contribution in [0.15, 0.2) is 0 Å². The Bertz CT molecular complexity index is 102. The van der Waals surface area contributed by atoms with Crippen molar-refractivity contribution in [1.29, 1.82) is 0 Å². The largest absolute Gasteiger partial charge is 0.333 e. The number of hydrogen-bond acceptors (Lipinski definition) is 1. The van der Waals surface area contributed by atoms with Crippen molar-refractivity contribution in [3.05, 3.63) is 0 Å². The maximum Gasteiger partial charge on any atom is 0.0623 e. The van der Waals surface area contributed by atoms with Gasteiger partial charge in [0.1, 0.15) is 0 Å². The predicted molar refractivity (Wildman–Crippen MR) is 60.1 cm³/mol. The third-order valence-electron chi connectivity index (χ3n) is 2.51. The Morgan fingerprint density at radius 2 is 1.58 bits per heavy atom. The second-order valence-electron chi connectivity index (χ2n) is 4.53. The Kier molecular flexibility index (Phi) is 6.77. The molecule has 0 saturated heterocycles. The van der Waals surface area contributed by atoms with Crippen molar-refractivity contribution in [2.45, 2.75) is 58.2 Å². The van der Waals surface area contributed by atoms with Crippen molar-refractivity contribution in [3.8, 4) is 0 Å². The van der Waals surface area contributed by atoms with Gasteiger partial charge in [0.05, 0.1) is 8.07 Å². The van der Waals surface area contributed by atoms with E-state index in [0.717, 1.165) is 6.17 Å². The highest BCUT2D eigenvalue weighted by Gasteiger charge is 2.16. The van der Waals surface area contributed by atoms with Gasteiger partial charge < -0.3 is 5.73 Å². The van der Waals surface area contributed by atoms with Crippen LogP contribution in [-0.2, 0) is 0 Å². The van der Waals surface area contributed by atoms with Crippen molar-refractivity contribution >= 4 is 8.07 Å². The predicted octanol–water partition coefficient (Wildman–Crippen LogP) is 3.16. The van der Waals surface area contributed by atoms with Gasteiger partial charge in [-0.15, -0.1) is 0 Å². The number of nitrogens with two attached hydrogens (primary N) is 1.